The Labute approximate surface area is 163 Å². The van der Waals surface area contributed by atoms with Crippen LogP contribution in [0.15, 0.2) is 59.8 Å². The molecule has 2 aliphatic rings. The van der Waals surface area contributed by atoms with Crippen molar-refractivity contribution in [3.63, 3.8) is 0 Å². The first-order valence-electron chi connectivity index (χ1n) is 9.38. The second-order valence-corrected chi connectivity index (χ2v) is 7.31. The predicted molar refractivity (Wildman–Crippen MR) is 105 cm³/mol. The fraction of sp³-hybridized carbons (Fsp3) is 0.273. The van der Waals surface area contributed by atoms with Gasteiger partial charge in [-0.15, -0.1) is 0 Å². The van der Waals surface area contributed by atoms with Crippen LogP contribution in [-0.4, -0.2) is 22.9 Å². The Morgan fingerprint density at radius 1 is 1.14 bits per heavy atom. The molecule has 1 aliphatic heterocycles. The van der Waals surface area contributed by atoms with Crippen molar-refractivity contribution in [2.24, 2.45) is 0 Å². The monoisotopic (exact) mass is 379 g/mol. The van der Waals surface area contributed by atoms with Gasteiger partial charge in [0.2, 0.25) is 0 Å². The van der Waals surface area contributed by atoms with Gasteiger partial charge in [0.15, 0.2) is 0 Å². The summed E-state index contributed by atoms with van der Waals surface area (Å²) in [6.07, 6.45) is 1.84. The molecule has 6 heteroatoms. The minimum atomic E-state index is -0.706. The number of urea groups is 1. The highest BCUT2D eigenvalue weighted by Crippen LogP contribution is 2.38. The van der Waals surface area contributed by atoms with Gasteiger partial charge in [-0.1, -0.05) is 30.3 Å². The third-order valence-corrected chi connectivity index (χ3v) is 5.26. The summed E-state index contributed by atoms with van der Waals surface area (Å²) in [5, 5.41) is 5.85. The number of amides is 3. The van der Waals surface area contributed by atoms with Gasteiger partial charge >= 0.3 is 6.03 Å². The van der Waals surface area contributed by atoms with Gasteiger partial charge in [-0.2, -0.15) is 0 Å². The van der Waals surface area contributed by atoms with E-state index in [-0.39, 0.29) is 18.0 Å². The molecule has 2 N–H and O–H groups in total. The molecule has 0 spiro atoms. The molecule has 0 bridgehead atoms. The molecule has 28 heavy (non-hydrogen) atoms. The number of nitrogens with zero attached hydrogens (tertiary/aromatic N) is 1. The van der Waals surface area contributed by atoms with E-state index < -0.39 is 11.9 Å². The highest BCUT2D eigenvalue weighted by atomic mass is 19.1. The highest BCUT2D eigenvalue weighted by molar-refractivity contribution is 6.07. The van der Waals surface area contributed by atoms with Gasteiger partial charge in [-0.25, -0.2) is 9.18 Å². The summed E-state index contributed by atoms with van der Waals surface area (Å²) >= 11 is 0. The number of para-hydroxylation sites is 1. The summed E-state index contributed by atoms with van der Waals surface area (Å²) in [6.45, 7) is 3.70. The fourth-order valence-electron chi connectivity index (χ4n) is 3.66. The standard InChI is InChI=1S/C22H22FN3O2/c1-13-6-3-4-9-18(13)24-21(27)19-14(2)26(17-10-11-17)22(28)25-20(19)15-7-5-8-16(23)12-15/h3-9,12,17,20H,10-11H2,1-2H3,(H,24,27)(H,25,28)/t20-/m0/s1. The van der Waals surface area contributed by atoms with Crippen LogP contribution in [0.5, 0.6) is 0 Å². The third kappa shape index (κ3) is 3.38. The van der Waals surface area contributed by atoms with Crippen LogP contribution in [0.2, 0.25) is 0 Å². The lowest BCUT2D eigenvalue weighted by Crippen LogP contribution is -2.49. The van der Waals surface area contributed by atoms with Crippen LogP contribution < -0.4 is 10.6 Å². The maximum absolute atomic E-state index is 13.8. The number of carbonyl (C=O) groups excluding carboxylic acids is 2. The Morgan fingerprint density at radius 3 is 2.57 bits per heavy atom. The maximum Gasteiger partial charge on any atom is 0.322 e. The Morgan fingerprint density at radius 2 is 1.89 bits per heavy atom. The zero-order chi connectivity index (χ0) is 19.8. The van der Waals surface area contributed by atoms with Crippen LogP contribution >= 0.6 is 0 Å². The Kier molecular flexibility index (Phi) is 4.63. The number of benzene rings is 2. The second-order valence-electron chi connectivity index (χ2n) is 7.31. The molecular weight excluding hydrogens is 357 g/mol. The molecule has 2 aromatic carbocycles. The molecule has 0 radical (unpaired) electrons. The summed E-state index contributed by atoms with van der Waals surface area (Å²) in [5.41, 5.74) is 3.24. The number of halogens is 1. The Balaban J connectivity index is 1.76. The zero-order valence-corrected chi connectivity index (χ0v) is 15.8. The minimum absolute atomic E-state index is 0.120. The predicted octanol–water partition coefficient (Wildman–Crippen LogP) is 4.28. The zero-order valence-electron chi connectivity index (χ0n) is 15.8. The summed E-state index contributed by atoms with van der Waals surface area (Å²) in [4.78, 5) is 27.6. The van der Waals surface area contributed by atoms with Gasteiger partial charge in [-0.3, -0.25) is 9.69 Å². The summed E-state index contributed by atoms with van der Waals surface area (Å²) in [6, 6.07) is 12.7. The van der Waals surface area contributed by atoms with Crippen molar-refractivity contribution in [1.29, 1.82) is 0 Å². The first-order chi connectivity index (χ1) is 13.5. The highest BCUT2D eigenvalue weighted by Gasteiger charge is 2.42. The van der Waals surface area contributed by atoms with Gasteiger partial charge in [0.25, 0.3) is 5.91 Å². The summed E-state index contributed by atoms with van der Waals surface area (Å²) < 4.78 is 13.8. The van der Waals surface area contributed by atoms with Gasteiger partial charge in [0.1, 0.15) is 5.82 Å². The number of hydrogen-bond donors (Lipinski definition) is 2. The van der Waals surface area contributed by atoms with E-state index >= 15 is 0 Å². The number of carbonyl (C=O) groups is 2. The Hall–Kier alpha value is -3.15. The first-order valence-corrected chi connectivity index (χ1v) is 9.38. The van der Waals surface area contributed by atoms with Crippen molar-refractivity contribution in [2.45, 2.75) is 38.8 Å². The molecule has 1 heterocycles. The number of hydrogen-bond acceptors (Lipinski definition) is 2. The van der Waals surface area contributed by atoms with E-state index in [9.17, 15) is 14.0 Å². The molecule has 0 saturated heterocycles. The molecule has 2 aromatic rings. The van der Waals surface area contributed by atoms with Crippen LogP contribution in [0.4, 0.5) is 14.9 Å². The third-order valence-electron chi connectivity index (χ3n) is 5.26. The smallest absolute Gasteiger partial charge is 0.322 e. The quantitative estimate of drug-likeness (QED) is 0.833. The molecule has 144 valence electrons. The van der Waals surface area contributed by atoms with Crippen molar-refractivity contribution in [1.82, 2.24) is 10.2 Å². The van der Waals surface area contributed by atoms with Gasteiger partial charge in [-0.05, 0) is 56.0 Å². The molecule has 5 nitrogen and oxygen atoms in total. The largest absolute Gasteiger partial charge is 0.326 e. The van der Waals surface area contributed by atoms with Crippen LogP contribution in [0.25, 0.3) is 0 Å². The molecule has 1 atom stereocenters. The van der Waals surface area contributed by atoms with Gasteiger partial charge < -0.3 is 10.6 Å². The van der Waals surface area contributed by atoms with E-state index in [0.29, 0.717) is 22.5 Å². The molecule has 1 fully saturated rings. The van der Waals surface area contributed by atoms with Crippen LogP contribution in [0, 0.1) is 12.7 Å². The van der Waals surface area contributed by atoms with E-state index in [4.69, 9.17) is 0 Å². The van der Waals surface area contributed by atoms with E-state index in [0.717, 1.165) is 18.4 Å². The van der Waals surface area contributed by atoms with Crippen LogP contribution in [0.3, 0.4) is 0 Å². The number of anilines is 1. The molecule has 4 rings (SSSR count). The molecule has 0 unspecified atom stereocenters. The molecule has 1 saturated carbocycles. The van der Waals surface area contributed by atoms with Gasteiger partial charge in [0.05, 0.1) is 11.6 Å². The van der Waals surface area contributed by atoms with Crippen molar-refractivity contribution in [2.75, 3.05) is 5.32 Å². The lowest BCUT2D eigenvalue weighted by Gasteiger charge is -2.36. The Bertz CT molecular complexity index is 981. The average molecular weight is 379 g/mol. The topological polar surface area (TPSA) is 61.4 Å². The van der Waals surface area contributed by atoms with Crippen LogP contribution in [0.1, 0.15) is 36.9 Å². The SMILES string of the molecule is CC1=C(C(=O)Nc2ccccc2C)[C@H](c2cccc(F)c2)NC(=O)N1C1CC1. The minimum Gasteiger partial charge on any atom is -0.326 e. The van der Waals surface area contributed by atoms with E-state index in [1.807, 2.05) is 31.2 Å². The number of rotatable bonds is 4. The normalized spacial score (nSPS) is 19.5. The molecule has 3 amide bonds. The lowest BCUT2D eigenvalue weighted by molar-refractivity contribution is -0.113. The van der Waals surface area contributed by atoms with Gasteiger partial charge in [0, 0.05) is 17.4 Å². The average Bonchev–Trinajstić information content (AvgIpc) is 3.48. The molecule has 1 aliphatic carbocycles. The van der Waals surface area contributed by atoms with E-state index in [1.54, 1.807) is 24.0 Å². The van der Waals surface area contributed by atoms with E-state index in [2.05, 4.69) is 10.6 Å². The fourth-order valence-corrected chi connectivity index (χ4v) is 3.66. The van der Waals surface area contributed by atoms with Crippen molar-refractivity contribution < 1.29 is 14.0 Å². The van der Waals surface area contributed by atoms with Crippen molar-refractivity contribution >= 4 is 17.6 Å². The van der Waals surface area contributed by atoms with Crippen molar-refractivity contribution in [3.05, 3.63) is 76.7 Å². The lowest BCUT2D eigenvalue weighted by atomic mass is 9.94. The summed E-state index contributed by atoms with van der Waals surface area (Å²) in [7, 11) is 0. The van der Waals surface area contributed by atoms with E-state index in [1.165, 1.54) is 12.1 Å². The summed E-state index contributed by atoms with van der Waals surface area (Å²) in [5.74, 6) is -0.709. The van der Waals surface area contributed by atoms with Crippen molar-refractivity contribution in [3.8, 4) is 0 Å². The molecular formula is C22H22FN3O2. The second kappa shape index (κ2) is 7.11. The molecule has 0 aromatic heterocycles. The maximum atomic E-state index is 13.8. The van der Waals surface area contributed by atoms with Crippen LogP contribution in [-0.2, 0) is 4.79 Å². The number of nitrogens with one attached hydrogen (secondary N) is 2. The number of allylic oxidation sites excluding steroid dienone is 1. The first kappa shape index (κ1) is 18.2. The number of aryl methyl sites for hydroxylation is 1.